The summed E-state index contributed by atoms with van der Waals surface area (Å²) in [6.07, 6.45) is 5.36. The third-order valence-electron chi connectivity index (χ3n) is 3.39. The Morgan fingerprint density at radius 2 is 2.19 bits per heavy atom. The van der Waals surface area contributed by atoms with Crippen LogP contribution >= 0.6 is 11.6 Å². The van der Waals surface area contributed by atoms with E-state index in [0.29, 0.717) is 10.9 Å². The monoisotopic (exact) mass is 308 g/mol. The van der Waals surface area contributed by atoms with Crippen molar-refractivity contribution in [2.45, 2.75) is 32.4 Å². The van der Waals surface area contributed by atoms with Crippen LogP contribution in [-0.2, 0) is 13.0 Å². The van der Waals surface area contributed by atoms with Gasteiger partial charge in [-0.1, -0.05) is 24.6 Å². The SMILES string of the molecule is CCCn1ncc(Cl)c1C(Cc1ccc(OC)nc1)NC. The van der Waals surface area contributed by atoms with Gasteiger partial charge in [0.1, 0.15) is 0 Å². The first-order chi connectivity index (χ1) is 10.2. The number of halogens is 1. The zero-order chi connectivity index (χ0) is 15.2. The second-order valence-corrected chi connectivity index (χ2v) is 5.26. The first kappa shape index (κ1) is 15.8. The Hall–Kier alpha value is -1.59. The number of hydrogen-bond acceptors (Lipinski definition) is 4. The van der Waals surface area contributed by atoms with E-state index in [1.54, 1.807) is 13.3 Å². The van der Waals surface area contributed by atoms with Gasteiger partial charge in [0.15, 0.2) is 0 Å². The standard InChI is InChI=1S/C15H21ClN4O/c1-4-7-20-15(12(16)10-19-20)13(17-2)8-11-5-6-14(21-3)18-9-11/h5-6,9-10,13,17H,4,7-8H2,1-3H3. The number of hydrogen-bond donors (Lipinski definition) is 1. The summed E-state index contributed by atoms with van der Waals surface area (Å²) in [6.45, 7) is 2.99. The lowest BCUT2D eigenvalue weighted by molar-refractivity contribution is 0.397. The summed E-state index contributed by atoms with van der Waals surface area (Å²) in [5, 5.41) is 8.37. The van der Waals surface area contributed by atoms with Crippen molar-refractivity contribution in [3.05, 3.63) is 40.8 Å². The molecule has 0 aliphatic carbocycles. The van der Waals surface area contributed by atoms with Gasteiger partial charge in [-0.3, -0.25) is 4.68 Å². The van der Waals surface area contributed by atoms with Crippen molar-refractivity contribution in [2.75, 3.05) is 14.2 Å². The van der Waals surface area contributed by atoms with E-state index >= 15 is 0 Å². The molecule has 0 aliphatic heterocycles. The zero-order valence-corrected chi connectivity index (χ0v) is 13.4. The number of nitrogens with zero attached hydrogens (tertiary/aromatic N) is 3. The van der Waals surface area contributed by atoms with Gasteiger partial charge in [0.25, 0.3) is 0 Å². The van der Waals surface area contributed by atoms with E-state index in [9.17, 15) is 0 Å². The molecule has 1 atom stereocenters. The van der Waals surface area contributed by atoms with Crippen LogP contribution in [0.2, 0.25) is 5.02 Å². The lowest BCUT2D eigenvalue weighted by Gasteiger charge is -2.18. The molecule has 2 heterocycles. The van der Waals surface area contributed by atoms with Crippen LogP contribution in [0.4, 0.5) is 0 Å². The van der Waals surface area contributed by atoms with Crippen LogP contribution in [0.25, 0.3) is 0 Å². The van der Waals surface area contributed by atoms with Crippen LogP contribution in [0.3, 0.4) is 0 Å². The zero-order valence-electron chi connectivity index (χ0n) is 12.6. The molecule has 0 spiro atoms. The molecule has 5 nitrogen and oxygen atoms in total. The molecule has 0 aromatic carbocycles. The fourth-order valence-corrected chi connectivity index (χ4v) is 2.60. The number of ether oxygens (including phenoxy) is 1. The van der Waals surface area contributed by atoms with Crippen LogP contribution in [-0.4, -0.2) is 28.9 Å². The summed E-state index contributed by atoms with van der Waals surface area (Å²) in [7, 11) is 3.54. The van der Waals surface area contributed by atoms with E-state index in [1.165, 1.54) is 0 Å². The first-order valence-electron chi connectivity index (χ1n) is 7.07. The smallest absolute Gasteiger partial charge is 0.212 e. The van der Waals surface area contributed by atoms with Gasteiger partial charge >= 0.3 is 0 Å². The molecular formula is C15H21ClN4O. The molecule has 114 valence electrons. The quantitative estimate of drug-likeness (QED) is 0.854. The number of nitrogens with one attached hydrogen (secondary N) is 1. The van der Waals surface area contributed by atoms with Gasteiger partial charge in [-0.25, -0.2) is 4.98 Å². The van der Waals surface area contributed by atoms with E-state index in [-0.39, 0.29) is 6.04 Å². The molecule has 2 rings (SSSR count). The maximum atomic E-state index is 6.31. The molecule has 0 amide bonds. The predicted molar refractivity (Wildman–Crippen MR) is 83.8 cm³/mol. The maximum Gasteiger partial charge on any atom is 0.212 e. The van der Waals surface area contributed by atoms with Crippen LogP contribution < -0.4 is 10.1 Å². The molecule has 6 heteroatoms. The Bertz CT molecular complexity index is 568. The maximum absolute atomic E-state index is 6.31. The molecule has 2 aromatic heterocycles. The van der Waals surface area contributed by atoms with Crippen molar-refractivity contribution in [1.29, 1.82) is 0 Å². The predicted octanol–water partition coefficient (Wildman–Crippen LogP) is 2.85. The van der Waals surface area contributed by atoms with Gasteiger partial charge in [0.05, 0.1) is 30.1 Å². The molecule has 21 heavy (non-hydrogen) atoms. The van der Waals surface area contributed by atoms with Crippen molar-refractivity contribution < 1.29 is 4.74 Å². The Labute approximate surface area is 130 Å². The van der Waals surface area contributed by atoms with E-state index in [4.69, 9.17) is 16.3 Å². The summed E-state index contributed by atoms with van der Waals surface area (Å²) in [5.74, 6) is 0.619. The van der Waals surface area contributed by atoms with Crippen molar-refractivity contribution >= 4 is 11.6 Å². The first-order valence-corrected chi connectivity index (χ1v) is 7.44. The molecule has 0 aliphatic rings. The van der Waals surface area contributed by atoms with Gasteiger partial charge in [-0.05, 0) is 25.5 Å². The highest BCUT2D eigenvalue weighted by Gasteiger charge is 2.19. The number of rotatable bonds is 7. The Morgan fingerprint density at radius 1 is 1.38 bits per heavy atom. The summed E-state index contributed by atoms with van der Waals surface area (Å²) < 4.78 is 7.05. The molecule has 0 fully saturated rings. The topological polar surface area (TPSA) is 52.0 Å². The molecule has 0 radical (unpaired) electrons. The minimum absolute atomic E-state index is 0.0988. The van der Waals surface area contributed by atoms with Gasteiger partial charge in [-0.2, -0.15) is 5.10 Å². The molecule has 1 N–H and O–H groups in total. The lowest BCUT2D eigenvalue weighted by Crippen LogP contribution is -2.23. The fourth-order valence-electron chi connectivity index (χ4n) is 2.33. The summed E-state index contributed by atoms with van der Waals surface area (Å²) in [6, 6.07) is 3.99. The highest BCUT2D eigenvalue weighted by atomic mass is 35.5. The second kappa shape index (κ2) is 7.43. The number of aromatic nitrogens is 3. The molecule has 1 unspecified atom stereocenters. The fraction of sp³-hybridized carbons (Fsp3) is 0.467. The van der Waals surface area contributed by atoms with Crippen LogP contribution in [0.15, 0.2) is 24.5 Å². The average molecular weight is 309 g/mol. The van der Waals surface area contributed by atoms with Crippen molar-refractivity contribution in [3.63, 3.8) is 0 Å². The molecular weight excluding hydrogens is 288 g/mol. The summed E-state index contributed by atoms with van der Waals surface area (Å²) >= 11 is 6.31. The Balaban J connectivity index is 2.21. The normalized spacial score (nSPS) is 12.4. The third kappa shape index (κ3) is 3.74. The minimum Gasteiger partial charge on any atom is -0.481 e. The van der Waals surface area contributed by atoms with Crippen LogP contribution in [0.1, 0.15) is 30.6 Å². The minimum atomic E-state index is 0.0988. The number of pyridine rings is 1. The van der Waals surface area contributed by atoms with Gasteiger partial charge in [0.2, 0.25) is 5.88 Å². The number of aryl methyl sites for hydroxylation is 1. The highest BCUT2D eigenvalue weighted by molar-refractivity contribution is 6.31. The van der Waals surface area contributed by atoms with Gasteiger partial charge in [-0.15, -0.1) is 0 Å². The third-order valence-corrected chi connectivity index (χ3v) is 3.68. The molecule has 2 aromatic rings. The highest BCUT2D eigenvalue weighted by Crippen LogP contribution is 2.26. The summed E-state index contributed by atoms with van der Waals surface area (Å²) in [4.78, 5) is 4.24. The van der Waals surface area contributed by atoms with Crippen molar-refractivity contribution in [1.82, 2.24) is 20.1 Å². The van der Waals surface area contributed by atoms with Crippen LogP contribution in [0, 0.1) is 0 Å². The number of likely N-dealkylation sites (N-methyl/N-ethyl adjacent to an activating group) is 1. The average Bonchev–Trinajstić information content (AvgIpc) is 2.87. The molecule has 0 saturated carbocycles. The van der Waals surface area contributed by atoms with E-state index in [2.05, 4.69) is 22.3 Å². The Kier molecular flexibility index (Phi) is 5.59. The Morgan fingerprint density at radius 3 is 2.76 bits per heavy atom. The van der Waals surface area contributed by atoms with E-state index < -0.39 is 0 Å². The van der Waals surface area contributed by atoms with E-state index in [1.807, 2.05) is 30.1 Å². The van der Waals surface area contributed by atoms with Crippen molar-refractivity contribution in [2.24, 2.45) is 0 Å². The largest absolute Gasteiger partial charge is 0.481 e. The van der Waals surface area contributed by atoms with Crippen molar-refractivity contribution in [3.8, 4) is 5.88 Å². The number of methoxy groups -OCH3 is 1. The van der Waals surface area contributed by atoms with Gasteiger partial charge < -0.3 is 10.1 Å². The van der Waals surface area contributed by atoms with Gasteiger partial charge in [0, 0.05) is 18.8 Å². The van der Waals surface area contributed by atoms with E-state index in [0.717, 1.165) is 30.6 Å². The summed E-state index contributed by atoms with van der Waals surface area (Å²) in [5.41, 5.74) is 2.15. The molecule has 0 bridgehead atoms. The second-order valence-electron chi connectivity index (χ2n) is 4.86. The lowest BCUT2D eigenvalue weighted by atomic mass is 10.0. The van der Waals surface area contributed by atoms with Crippen LogP contribution in [0.5, 0.6) is 5.88 Å². The molecule has 0 saturated heterocycles.